The smallest absolute Gasteiger partial charge is 0.129 e. The molecule has 3 rings (SSSR count). The van der Waals surface area contributed by atoms with Gasteiger partial charge in [-0.25, -0.2) is 0 Å². The second-order valence-electron chi connectivity index (χ2n) is 6.27. The van der Waals surface area contributed by atoms with Crippen molar-refractivity contribution in [3.63, 3.8) is 0 Å². The normalized spacial score (nSPS) is 11.2. The van der Waals surface area contributed by atoms with Crippen LogP contribution in [0.3, 0.4) is 0 Å². The molecule has 0 amide bonds. The molecule has 1 N–H and O–H groups in total. The predicted octanol–water partition coefficient (Wildman–Crippen LogP) is 4.76. The average molecular weight is 348 g/mol. The molecule has 0 spiro atoms. The number of fused-ring (bicyclic) bond motifs is 1. The lowest BCUT2D eigenvalue weighted by atomic mass is 10.0. The highest BCUT2D eigenvalue weighted by Crippen LogP contribution is 2.27. The first-order valence-corrected chi connectivity index (χ1v) is 8.75. The number of hydrazone groups is 1. The first-order valence-electron chi connectivity index (χ1n) is 8.75. The van der Waals surface area contributed by atoms with E-state index in [9.17, 15) is 0 Å². The molecule has 0 aliphatic heterocycles. The predicted molar refractivity (Wildman–Crippen MR) is 107 cm³/mol. The molecule has 0 atom stereocenters. The lowest BCUT2D eigenvalue weighted by Gasteiger charge is -2.14. The van der Waals surface area contributed by atoms with Gasteiger partial charge in [0.1, 0.15) is 11.5 Å². The van der Waals surface area contributed by atoms with E-state index in [0.717, 1.165) is 33.4 Å². The topological polar surface area (TPSA) is 42.8 Å². The monoisotopic (exact) mass is 348 g/mol. The van der Waals surface area contributed by atoms with E-state index in [-0.39, 0.29) is 6.10 Å². The van der Waals surface area contributed by atoms with Crippen molar-refractivity contribution < 1.29 is 9.47 Å². The van der Waals surface area contributed by atoms with E-state index < -0.39 is 0 Å². The highest BCUT2D eigenvalue weighted by Gasteiger charge is 2.08. The fourth-order valence-corrected chi connectivity index (χ4v) is 2.86. The van der Waals surface area contributed by atoms with Crippen molar-refractivity contribution in [1.82, 2.24) is 5.43 Å². The van der Waals surface area contributed by atoms with Crippen LogP contribution in [-0.4, -0.2) is 19.4 Å². The molecule has 0 saturated heterocycles. The highest BCUT2D eigenvalue weighted by atomic mass is 16.5. The summed E-state index contributed by atoms with van der Waals surface area (Å²) in [5.41, 5.74) is 5.14. The van der Waals surface area contributed by atoms with E-state index >= 15 is 0 Å². The molecular formula is C22H24N2O2. The summed E-state index contributed by atoms with van der Waals surface area (Å²) < 4.78 is 11.3. The van der Waals surface area contributed by atoms with Gasteiger partial charge in [0.25, 0.3) is 0 Å². The van der Waals surface area contributed by atoms with Crippen molar-refractivity contribution in [1.29, 1.82) is 0 Å². The van der Waals surface area contributed by atoms with Crippen LogP contribution in [0.2, 0.25) is 0 Å². The number of benzene rings is 3. The van der Waals surface area contributed by atoms with E-state index in [0.29, 0.717) is 6.54 Å². The van der Waals surface area contributed by atoms with Gasteiger partial charge in [0.05, 0.1) is 26.0 Å². The van der Waals surface area contributed by atoms with Crippen molar-refractivity contribution in [2.75, 3.05) is 7.11 Å². The minimum atomic E-state index is 0.102. The lowest BCUT2D eigenvalue weighted by Crippen LogP contribution is -2.09. The Morgan fingerprint density at radius 3 is 2.54 bits per heavy atom. The number of methoxy groups -OCH3 is 1. The Morgan fingerprint density at radius 2 is 1.73 bits per heavy atom. The summed E-state index contributed by atoms with van der Waals surface area (Å²) in [4.78, 5) is 0. The lowest BCUT2D eigenvalue weighted by molar-refractivity contribution is 0.242. The van der Waals surface area contributed by atoms with E-state index in [1.54, 1.807) is 7.11 Å². The molecule has 0 radical (unpaired) electrons. The van der Waals surface area contributed by atoms with Gasteiger partial charge in [-0.15, -0.1) is 0 Å². The first-order chi connectivity index (χ1) is 12.7. The summed E-state index contributed by atoms with van der Waals surface area (Å²) in [6, 6.07) is 20.2. The van der Waals surface area contributed by atoms with Crippen LogP contribution in [0.4, 0.5) is 0 Å². The van der Waals surface area contributed by atoms with E-state index in [2.05, 4.69) is 28.7 Å². The summed E-state index contributed by atoms with van der Waals surface area (Å²) >= 11 is 0. The number of hydrogen-bond acceptors (Lipinski definition) is 4. The average Bonchev–Trinajstić information content (AvgIpc) is 2.66. The molecule has 3 aromatic carbocycles. The number of para-hydroxylation sites is 1. The SMILES string of the molecule is COc1ccccc1CN/N=C\c1c(OC(C)C)ccc2ccccc12. The second-order valence-corrected chi connectivity index (χ2v) is 6.27. The Balaban J connectivity index is 1.83. The molecular weight excluding hydrogens is 324 g/mol. The third kappa shape index (κ3) is 4.14. The van der Waals surface area contributed by atoms with Gasteiger partial charge >= 0.3 is 0 Å². The molecule has 4 heteroatoms. The molecule has 0 aliphatic rings. The zero-order chi connectivity index (χ0) is 18.4. The number of rotatable bonds is 7. The minimum Gasteiger partial charge on any atom is -0.496 e. The van der Waals surface area contributed by atoms with Crippen molar-refractivity contribution in [2.24, 2.45) is 5.10 Å². The maximum atomic E-state index is 5.97. The quantitative estimate of drug-likeness (QED) is 0.494. The number of ether oxygens (including phenoxy) is 2. The standard InChI is InChI=1S/C22H24N2O2/c1-16(2)26-22-13-12-17-8-4-6-10-19(17)20(22)15-24-23-14-18-9-5-7-11-21(18)25-3/h4-13,15-16,23H,14H2,1-3H3/b24-15-. The Kier molecular flexibility index (Phi) is 5.74. The molecule has 134 valence electrons. The van der Waals surface area contributed by atoms with Gasteiger partial charge in [-0.3, -0.25) is 0 Å². The first kappa shape index (κ1) is 17.8. The minimum absolute atomic E-state index is 0.102. The zero-order valence-electron chi connectivity index (χ0n) is 15.4. The van der Waals surface area contributed by atoms with Gasteiger partial charge in [0.2, 0.25) is 0 Å². The van der Waals surface area contributed by atoms with Crippen LogP contribution in [-0.2, 0) is 6.54 Å². The molecule has 0 unspecified atom stereocenters. The number of nitrogens with one attached hydrogen (secondary N) is 1. The van der Waals surface area contributed by atoms with Gasteiger partial charge < -0.3 is 14.9 Å². The largest absolute Gasteiger partial charge is 0.496 e. The Hall–Kier alpha value is -3.01. The molecule has 0 fully saturated rings. The summed E-state index contributed by atoms with van der Waals surface area (Å²) in [7, 11) is 1.67. The van der Waals surface area contributed by atoms with Gasteiger partial charge in [0.15, 0.2) is 0 Å². The van der Waals surface area contributed by atoms with Crippen LogP contribution in [0.15, 0.2) is 65.8 Å². The van der Waals surface area contributed by atoms with Crippen LogP contribution < -0.4 is 14.9 Å². The third-order valence-electron chi connectivity index (χ3n) is 4.04. The molecule has 0 aromatic heterocycles. The van der Waals surface area contributed by atoms with Crippen molar-refractivity contribution in [3.8, 4) is 11.5 Å². The fourth-order valence-electron chi connectivity index (χ4n) is 2.86. The van der Waals surface area contributed by atoms with E-state index in [4.69, 9.17) is 9.47 Å². The van der Waals surface area contributed by atoms with Gasteiger partial charge in [0, 0.05) is 11.1 Å². The van der Waals surface area contributed by atoms with Crippen LogP contribution in [0.25, 0.3) is 10.8 Å². The molecule has 0 heterocycles. The molecule has 0 bridgehead atoms. The van der Waals surface area contributed by atoms with Gasteiger partial charge in [-0.1, -0.05) is 48.5 Å². The number of nitrogens with zero attached hydrogens (tertiary/aromatic N) is 1. The zero-order valence-corrected chi connectivity index (χ0v) is 15.4. The number of hydrogen-bond donors (Lipinski definition) is 1. The van der Waals surface area contributed by atoms with Gasteiger partial charge in [-0.2, -0.15) is 5.10 Å². The fraction of sp³-hybridized carbons (Fsp3) is 0.227. The van der Waals surface area contributed by atoms with Crippen molar-refractivity contribution in [2.45, 2.75) is 26.5 Å². The maximum absolute atomic E-state index is 5.97. The Morgan fingerprint density at radius 1 is 0.962 bits per heavy atom. The summed E-state index contributed by atoms with van der Waals surface area (Å²) in [6.45, 7) is 4.64. The molecule has 0 saturated carbocycles. The summed E-state index contributed by atoms with van der Waals surface area (Å²) in [6.07, 6.45) is 1.93. The van der Waals surface area contributed by atoms with Crippen molar-refractivity contribution >= 4 is 17.0 Å². The molecule has 4 nitrogen and oxygen atoms in total. The highest BCUT2D eigenvalue weighted by molar-refractivity contribution is 6.02. The molecule has 3 aromatic rings. The summed E-state index contributed by atoms with van der Waals surface area (Å²) in [5, 5.41) is 6.70. The van der Waals surface area contributed by atoms with E-state index in [1.807, 2.05) is 62.5 Å². The van der Waals surface area contributed by atoms with Crippen LogP contribution in [0.5, 0.6) is 11.5 Å². The van der Waals surface area contributed by atoms with Gasteiger partial charge in [-0.05, 0) is 36.8 Å². The van der Waals surface area contributed by atoms with Crippen LogP contribution in [0, 0.1) is 0 Å². The molecule has 26 heavy (non-hydrogen) atoms. The Labute approximate surface area is 154 Å². The Bertz CT molecular complexity index is 904. The van der Waals surface area contributed by atoms with Crippen molar-refractivity contribution in [3.05, 3.63) is 71.8 Å². The maximum Gasteiger partial charge on any atom is 0.129 e. The van der Waals surface area contributed by atoms with E-state index in [1.165, 1.54) is 0 Å². The van der Waals surface area contributed by atoms with Crippen LogP contribution >= 0.6 is 0 Å². The third-order valence-corrected chi connectivity index (χ3v) is 4.04. The molecule has 0 aliphatic carbocycles. The van der Waals surface area contributed by atoms with Crippen LogP contribution in [0.1, 0.15) is 25.0 Å². The second kappa shape index (κ2) is 8.39. The summed E-state index contributed by atoms with van der Waals surface area (Å²) in [5.74, 6) is 1.69.